The molecule has 0 unspecified atom stereocenters. The molecule has 2 N–H and O–H groups in total. The second-order valence-corrected chi connectivity index (χ2v) is 5.11. The number of rotatable bonds is 1. The number of aryl methyl sites for hydroxylation is 1. The quantitative estimate of drug-likeness (QED) is 0.783. The van der Waals surface area contributed by atoms with Crippen molar-refractivity contribution in [2.24, 2.45) is 7.05 Å². The van der Waals surface area contributed by atoms with Gasteiger partial charge in [-0.25, -0.2) is 4.57 Å². The second-order valence-electron chi connectivity index (χ2n) is 5.11. The van der Waals surface area contributed by atoms with Crippen molar-refractivity contribution in [2.45, 2.75) is 19.9 Å². The second kappa shape index (κ2) is 4.53. The fourth-order valence-electron chi connectivity index (χ4n) is 2.54. The Balaban J connectivity index is 1.93. The summed E-state index contributed by atoms with van der Waals surface area (Å²) < 4.78 is 1.90. The Labute approximate surface area is 113 Å². The van der Waals surface area contributed by atoms with Crippen molar-refractivity contribution in [1.29, 1.82) is 0 Å². The van der Waals surface area contributed by atoms with Crippen molar-refractivity contribution in [3.8, 4) is 0 Å². The van der Waals surface area contributed by atoms with Gasteiger partial charge < -0.3 is 4.90 Å². The first kappa shape index (κ1) is 12.0. The third-order valence-electron chi connectivity index (χ3n) is 3.89. The molecule has 3 rings (SSSR count). The van der Waals surface area contributed by atoms with E-state index < -0.39 is 0 Å². The Morgan fingerprint density at radius 1 is 1.26 bits per heavy atom. The summed E-state index contributed by atoms with van der Waals surface area (Å²) in [6.07, 6.45) is 1.07. The molecule has 1 aliphatic rings. The van der Waals surface area contributed by atoms with Gasteiger partial charge >= 0.3 is 5.95 Å². The van der Waals surface area contributed by atoms with Gasteiger partial charge in [0.25, 0.3) is 0 Å². The molecule has 1 aromatic heterocycles. The maximum absolute atomic E-state index is 5.95. The van der Waals surface area contributed by atoms with Gasteiger partial charge in [-0.1, -0.05) is 29.2 Å². The van der Waals surface area contributed by atoms with Gasteiger partial charge in [0.05, 0.1) is 12.7 Å². The molecule has 2 heterocycles. The smallest absolute Gasteiger partial charge is 0.338 e. The minimum absolute atomic E-state index is 0.564. The third-order valence-corrected chi connectivity index (χ3v) is 3.89. The lowest BCUT2D eigenvalue weighted by Gasteiger charge is -2.28. The molecule has 1 aliphatic heterocycles. The Morgan fingerprint density at radius 2 is 2.00 bits per heavy atom. The van der Waals surface area contributed by atoms with E-state index >= 15 is 0 Å². The van der Waals surface area contributed by atoms with Crippen LogP contribution in [0.15, 0.2) is 30.3 Å². The van der Waals surface area contributed by atoms with Crippen LogP contribution in [0.25, 0.3) is 0 Å². The molecule has 0 amide bonds. The van der Waals surface area contributed by atoms with E-state index in [1.165, 1.54) is 11.1 Å². The molecule has 0 aliphatic carbocycles. The number of benzene rings is 1. The lowest BCUT2D eigenvalue weighted by Crippen LogP contribution is -2.39. The van der Waals surface area contributed by atoms with Crippen molar-refractivity contribution in [1.82, 2.24) is 4.98 Å². The predicted molar refractivity (Wildman–Crippen MR) is 75.8 cm³/mol. The minimum Gasteiger partial charge on any atom is -0.338 e. The van der Waals surface area contributed by atoms with Gasteiger partial charge in [0.2, 0.25) is 5.82 Å². The predicted octanol–water partition coefficient (Wildman–Crippen LogP) is 1.36. The van der Waals surface area contributed by atoms with Crippen LogP contribution in [-0.4, -0.2) is 11.5 Å². The highest BCUT2D eigenvalue weighted by atomic mass is 15.2. The standard InChI is InChI=1S/C15H18N4/c1-11-9-14(17-15(16)18(11)2)19-8-7-12-5-3-4-6-13(12)10-19/h3-6,9,16H,7-8,10H2,1-2H3/p+1. The molecule has 1 aromatic carbocycles. The first-order valence-corrected chi connectivity index (χ1v) is 6.60. The van der Waals surface area contributed by atoms with Gasteiger partial charge in [-0.15, -0.1) is 0 Å². The number of nitrogen functional groups attached to an aromatic ring is 1. The number of hydrogen-bond acceptors (Lipinski definition) is 3. The van der Waals surface area contributed by atoms with Gasteiger partial charge in [-0.2, -0.15) is 0 Å². The zero-order chi connectivity index (χ0) is 13.4. The summed E-state index contributed by atoms with van der Waals surface area (Å²) in [5.74, 6) is 1.54. The molecule has 19 heavy (non-hydrogen) atoms. The van der Waals surface area contributed by atoms with Crippen LogP contribution < -0.4 is 15.2 Å². The first-order chi connectivity index (χ1) is 9.15. The average molecular weight is 255 g/mol. The Kier molecular flexibility index (Phi) is 2.85. The van der Waals surface area contributed by atoms with Crippen molar-refractivity contribution in [2.75, 3.05) is 17.2 Å². The Bertz CT molecular complexity index is 598. The summed E-state index contributed by atoms with van der Waals surface area (Å²) in [5, 5.41) is 0. The summed E-state index contributed by atoms with van der Waals surface area (Å²) in [7, 11) is 1.94. The van der Waals surface area contributed by atoms with E-state index in [1.54, 1.807) is 0 Å². The number of fused-ring (bicyclic) bond motifs is 1. The van der Waals surface area contributed by atoms with Gasteiger partial charge in [0, 0.05) is 19.2 Å². The monoisotopic (exact) mass is 255 g/mol. The van der Waals surface area contributed by atoms with Gasteiger partial charge in [0.15, 0.2) is 0 Å². The highest BCUT2D eigenvalue weighted by molar-refractivity contribution is 5.45. The minimum atomic E-state index is 0.564. The van der Waals surface area contributed by atoms with Crippen molar-refractivity contribution >= 4 is 11.8 Å². The van der Waals surface area contributed by atoms with Gasteiger partial charge in [0.1, 0.15) is 0 Å². The van der Waals surface area contributed by atoms with E-state index in [-0.39, 0.29) is 0 Å². The summed E-state index contributed by atoms with van der Waals surface area (Å²) >= 11 is 0. The molecule has 0 radical (unpaired) electrons. The van der Waals surface area contributed by atoms with Crippen LogP contribution in [0.1, 0.15) is 16.8 Å². The number of nitrogens with two attached hydrogens (primary N) is 1. The molecule has 4 heteroatoms. The van der Waals surface area contributed by atoms with Crippen molar-refractivity contribution < 1.29 is 4.57 Å². The zero-order valence-corrected chi connectivity index (χ0v) is 11.4. The normalized spacial score (nSPS) is 14.3. The molecule has 98 valence electrons. The summed E-state index contributed by atoms with van der Waals surface area (Å²) in [4.78, 5) is 6.79. The number of hydrogen-bond donors (Lipinski definition) is 1. The molecule has 0 saturated carbocycles. The lowest BCUT2D eigenvalue weighted by molar-refractivity contribution is -0.665. The van der Waals surface area contributed by atoms with Crippen molar-refractivity contribution in [3.05, 3.63) is 47.2 Å². The molecule has 0 saturated heterocycles. The van der Waals surface area contributed by atoms with E-state index in [2.05, 4.69) is 47.1 Å². The summed E-state index contributed by atoms with van der Waals surface area (Å²) in [5.41, 5.74) is 9.91. The molecule has 0 fully saturated rings. The summed E-state index contributed by atoms with van der Waals surface area (Å²) in [6.45, 7) is 3.96. The van der Waals surface area contributed by atoms with E-state index in [0.717, 1.165) is 31.0 Å². The molecule has 2 aromatic rings. The fraction of sp³-hybridized carbons (Fsp3) is 0.333. The van der Waals surface area contributed by atoms with E-state index in [4.69, 9.17) is 5.73 Å². The van der Waals surface area contributed by atoms with Crippen LogP contribution >= 0.6 is 0 Å². The number of aromatic nitrogens is 2. The Hall–Kier alpha value is -2.10. The van der Waals surface area contributed by atoms with Gasteiger partial charge in [-0.3, -0.25) is 5.73 Å². The fourth-order valence-corrected chi connectivity index (χ4v) is 2.54. The topological polar surface area (TPSA) is 46.0 Å². The number of anilines is 2. The van der Waals surface area contributed by atoms with E-state index in [9.17, 15) is 0 Å². The highest BCUT2D eigenvalue weighted by Gasteiger charge is 2.21. The largest absolute Gasteiger partial charge is 0.391 e. The molecule has 4 nitrogen and oxygen atoms in total. The summed E-state index contributed by atoms with van der Waals surface area (Å²) in [6, 6.07) is 10.7. The van der Waals surface area contributed by atoms with E-state index in [1.807, 2.05) is 11.6 Å². The van der Waals surface area contributed by atoms with Crippen LogP contribution in [0.5, 0.6) is 0 Å². The maximum Gasteiger partial charge on any atom is 0.391 e. The zero-order valence-electron chi connectivity index (χ0n) is 11.4. The molecule has 0 bridgehead atoms. The van der Waals surface area contributed by atoms with Crippen LogP contribution in [-0.2, 0) is 20.0 Å². The molecule has 0 spiro atoms. The van der Waals surface area contributed by atoms with Crippen LogP contribution in [0.3, 0.4) is 0 Å². The van der Waals surface area contributed by atoms with Crippen LogP contribution in [0.2, 0.25) is 0 Å². The number of nitrogens with zero attached hydrogens (tertiary/aromatic N) is 3. The lowest BCUT2D eigenvalue weighted by atomic mass is 10.00. The average Bonchev–Trinajstić information content (AvgIpc) is 2.43. The molecule has 0 atom stereocenters. The Morgan fingerprint density at radius 3 is 2.74 bits per heavy atom. The van der Waals surface area contributed by atoms with E-state index in [0.29, 0.717) is 5.95 Å². The van der Waals surface area contributed by atoms with Crippen molar-refractivity contribution in [3.63, 3.8) is 0 Å². The molecular formula is C15H19N4+. The maximum atomic E-state index is 5.95. The van der Waals surface area contributed by atoms with Crippen LogP contribution in [0, 0.1) is 6.92 Å². The SMILES string of the molecule is Cc1cc(N2CCc3ccccc3C2)nc(N)[n+]1C. The highest BCUT2D eigenvalue weighted by Crippen LogP contribution is 2.23. The third kappa shape index (κ3) is 2.14. The first-order valence-electron chi connectivity index (χ1n) is 6.60. The molecular weight excluding hydrogens is 236 g/mol. The van der Waals surface area contributed by atoms with Gasteiger partial charge in [-0.05, 0) is 24.5 Å². The van der Waals surface area contributed by atoms with Crippen LogP contribution in [0.4, 0.5) is 11.8 Å².